The van der Waals surface area contributed by atoms with Gasteiger partial charge in [0.15, 0.2) is 0 Å². The third kappa shape index (κ3) is 3.51. The molecule has 0 bridgehead atoms. The Bertz CT molecular complexity index is 364. The Morgan fingerprint density at radius 1 is 1.20 bits per heavy atom. The van der Waals surface area contributed by atoms with E-state index in [0.29, 0.717) is 19.5 Å². The lowest BCUT2D eigenvalue weighted by Gasteiger charge is -2.37. The molecule has 0 aromatic heterocycles. The van der Waals surface area contributed by atoms with Gasteiger partial charge in [-0.25, -0.2) is 0 Å². The lowest BCUT2D eigenvalue weighted by atomic mass is 9.71. The SMILES string of the molecule is NCC1(CC(=O)N2CCCC2CC(=O)O)CCCCC1. The molecular weight excluding hydrogens is 256 g/mol. The molecule has 3 N–H and O–H groups in total. The van der Waals surface area contributed by atoms with Crippen LogP contribution in [0.5, 0.6) is 0 Å². The van der Waals surface area contributed by atoms with Gasteiger partial charge in [-0.1, -0.05) is 19.3 Å². The van der Waals surface area contributed by atoms with Gasteiger partial charge in [0.2, 0.25) is 5.91 Å². The molecule has 1 aliphatic carbocycles. The molecule has 5 nitrogen and oxygen atoms in total. The number of carbonyl (C=O) groups is 2. The fourth-order valence-corrected chi connectivity index (χ4v) is 3.76. The van der Waals surface area contributed by atoms with Gasteiger partial charge in [-0.3, -0.25) is 9.59 Å². The van der Waals surface area contributed by atoms with E-state index in [1.807, 2.05) is 0 Å². The second-order valence-corrected chi connectivity index (χ2v) is 6.42. The van der Waals surface area contributed by atoms with Gasteiger partial charge < -0.3 is 15.7 Å². The summed E-state index contributed by atoms with van der Waals surface area (Å²) in [5.41, 5.74) is 5.90. The molecule has 1 aliphatic heterocycles. The molecule has 114 valence electrons. The minimum atomic E-state index is -0.819. The molecule has 2 aliphatic rings. The van der Waals surface area contributed by atoms with Gasteiger partial charge in [0, 0.05) is 19.0 Å². The number of nitrogens with zero attached hydrogens (tertiary/aromatic N) is 1. The number of likely N-dealkylation sites (tertiary alicyclic amines) is 1. The Kier molecular flexibility index (Phi) is 5.02. The molecule has 0 aromatic rings. The minimum Gasteiger partial charge on any atom is -0.481 e. The first-order chi connectivity index (χ1) is 9.56. The second-order valence-electron chi connectivity index (χ2n) is 6.42. The van der Waals surface area contributed by atoms with Gasteiger partial charge in [0.25, 0.3) is 0 Å². The lowest BCUT2D eigenvalue weighted by Crippen LogP contribution is -2.42. The van der Waals surface area contributed by atoms with Gasteiger partial charge in [-0.15, -0.1) is 0 Å². The third-order valence-electron chi connectivity index (χ3n) is 4.98. The monoisotopic (exact) mass is 282 g/mol. The molecular formula is C15H26N2O3. The smallest absolute Gasteiger partial charge is 0.305 e. The van der Waals surface area contributed by atoms with Crippen LogP contribution in [-0.4, -0.2) is 41.0 Å². The highest BCUT2D eigenvalue weighted by atomic mass is 16.4. The normalized spacial score (nSPS) is 25.6. The zero-order valence-electron chi connectivity index (χ0n) is 12.1. The van der Waals surface area contributed by atoms with Crippen molar-refractivity contribution >= 4 is 11.9 Å². The van der Waals surface area contributed by atoms with E-state index in [2.05, 4.69) is 0 Å². The van der Waals surface area contributed by atoms with Crippen LogP contribution < -0.4 is 5.73 Å². The van der Waals surface area contributed by atoms with E-state index in [1.165, 1.54) is 6.42 Å². The molecule has 1 atom stereocenters. The summed E-state index contributed by atoms with van der Waals surface area (Å²) in [6.45, 7) is 1.27. The molecule has 2 fully saturated rings. The average Bonchev–Trinajstić information content (AvgIpc) is 2.87. The van der Waals surface area contributed by atoms with Crippen LogP contribution in [0.4, 0.5) is 0 Å². The van der Waals surface area contributed by atoms with Crippen LogP contribution in [0.15, 0.2) is 0 Å². The number of hydrogen-bond donors (Lipinski definition) is 2. The summed E-state index contributed by atoms with van der Waals surface area (Å²) in [6.07, 6.45) is 7.92. The van der Waals surface area contributed by atoms with E-state index in [9.17, 15) is 9.59 Å². The third-order valence-corrected chi connectivity index (χ3v) is 4.98. The van der Waals surface area contributed by atoms with Gasteiger partial charge in [0.05, 0.1) is 6.42 Å². The van der Waals surface area contributed by atoms with E-state index in [0.717, 1.165) is 38.5 Å². The Morgan fingerprint density at radius 3 is 2.50 bits per heavy atom. The van der Waals surface area contributed by atoms with E-state index >= 15 is 0 Å². The van der Waals surface area contributed by atoms with Crippen LogP contribution in [-0.2, 0) is 9.59 Å². The molecule has 1 heterocycles. The van der Waals surface area contributed by atoms with Crippen LogP contribution in [0.3, 0.4) is 0 Å². The maximum absolute atomic E-state index is 12.5. The summed E-state index contributed by atoms with van der Waals surface area (Å²) in [5.74, 6) is -0.706. The van der Waals surface area contributed by atoms with Crippen LogP contribution >= 0.6 is 0 Å². The summed E-state index contributed by atoms with van der Waals surface area (Å²) in [7, 11) is 0. The first kappa shape index (κ1) is 15.3. The quantitative estimate of drug-likeness (QED) is 0.804. The van der Waals surface area contributed by atoms with Crippen molar-refractivity contribution in [3.63, 3.8) is 0 Å². The molecule has 1 unspecified atom stereocenters. The zero-order valence-corrected chi connectivity index (χ0v) is 12.1. The number of carboxylic acid groups (broad SMARTS) is 1. The van der Waals surface area contributed by atoms with E-state index in [4.69, 9.17) is 10.8 Å². The first-order valence-corrected chi connectivity index (χ1v) is 7.78. The van der Waals surface area contributed by atoms with Crippen LogP contribution in [0.2, 0.25) is 0 Å². The van der Waals surface area contributed by atoms with Gasteiger partial charge in [0.1, 0.15) is 0 Å². The molecule has 0 radical (unpaired) electrons. The Labute approximate surface area is 120 Å². The van der Waals surface area contributed by atoms with Gasteiger partial charge in [-0.2, -0.15) is 0 Å². The highest BCUT2D eigenvalue weighted by molar-refractivity contribution is 5.78. The van der Waals surface area contributed by atoms with Crippen molar-refractivity contribution < 1.29 is 14.7 Å². The largest absolute Gasteiger partial charge is 0.481 e. The maximum atomic E-state index is 12.5. The number of nitrogens with two attached hydrogens (primary N) is 1. The van der Waals surface area contributed by atoms with Crippen LogP contribution in [0, 0.1) is 5.41 Å². The Hall–Kier alpha value is -1.10. The molecule has 1 saturated carbocycles. The van der Waals surface area contributed by atoms with Crippen molar-refractivity contribution in [2.24, 2.45) is 11.1 Å². The fraction of sp³-hybridized carbons (Fsp3) is 0.867. The van der Waals surface area contributed by atoms with Gasteiger partial charge in [-0.05, 0) is 37.6 Å². The summed E-state index contributed by atoms with van der Waals surface area (Å²) in [5, 5.41) is 8.93. The zero-order chi connectivity index (χ0) is 14.6. The predicted octanol–water partition coefficient (Wildman–Crippen LogP) is 1.75. The predicted molar refractivity (Wildman–Crippen MR) is 76.2 cm³/mol. The summed E-state index contributed by atoms with van der Waals surface area (Å²) >= 11 is 0. The number of aliphatic carboxylic acids is 1. The molecule has 20 heavy (non-hydrogen) atoms. The number of hydrogen-bond acceptors (Lipinski definition) is 3. The topological polar surface area (TPSA) is 83.6 Å². The second kappa shape index (κ2) is 6.57. The number of amides is 1. The molecule has 1 saturated heterocycles. The Morgan fingerprint density at radius 2 is 1.90 bits per heavy atom. The van der Waals surface area contributed by atoms with Gasteiger partial charge >= 0.3 is 5.97 Å². The molecule has 1 amide bonds. The van der Waals surface area contributed by atoms with E-state index in [1.54, 1.807) is 4.90 Å². The van der Waals surface area contributed by atoms with Crippen molar-refractivity contribution in [2.45, 2.75) is 63.8 Å². The van der Waals surface area contributed by atoms with Crippen molar-refractivity contribution in [3.05, 3.63) is 0 Å². The van der Waals surface area contributed by atoms with Crippen molar-refractivity contribution in [2.75, 3.05) is 13.1 Å². The van der Waals surface area contributed by atoms with E-state index < -0.39 is 5.97 Å². The number of carboxylic acids is 1. The Balaban J connectivity index is 1.97. The first-order valence-electron chi connectivity index (χ1n) is 7.78. The summed E-state index contributed by atoms with van der Waals surface area (Å²) < 4.78 is 0. The van der Waals surface area contributed by atoms with Crippen molar-refractivity contribution in [3.8, 4) is 0 Å². The average molecular weight is 282 g/mol. The summed E-state index contributed by atoms with van der Waals surface area (Å²) in [4.78, 5) is 25.2. The lowest BCUT2D eigenvalue weighted by molar-refractivity contribution is -0.140. The standard InChI is InChI=1S/C15H26N2O3/c16-11-15(6-2-1-3-7-15)10-13(18)17-8-4-5-12(17)9-14(19)20/h12H,1-11,16H2,(H,19,20). The highest BCUT2D eigenvalue weighted by Crippen LogP contribution is 2.39. The van der Waals surface area contributed by atoms with E-state index in [-0.39, 0.29) is 23.8 Å². The van der Waals surface area contributed by atoms with Crippen molar-refractivity contribution in [1.29, 1.82) is 0 Å². The maximum Gasteiger partial charge on any atom is 0.305 e. The molecule has 5 heteroatoms. The van der Waals surface area contributed by atoms with Crippen molar-refractivity contribution in [1.82, 2.24) is 4.90 Å². The van der Waals surface area contributed by atoms with Crippen LogP contribution in [0.25, 0.3) is 0 Å². The highest BCUT2D eigenvalue weighted by Gasteiger charge is 2.37. The van der Waals surface area contributed by atoms with Crippen LogP contribution in [0.1, 0.15) is 57.8 Å². The molecule has 0 spiro atoms. The number of rotatable bonds is 5. The number of carbonyl (C=O) groups excluding carboxylic acids is 1. The fourth-order valence-electron chi connectivity index (χ4n) is 3.76. The minimum absolute atomic E-state index is 0.0360. The molecule has 2 rings (SSSR count). The molecule has 0 aromatic carbocycles. The summed E-state index contributed by atoms with van der Waals surface area (Å²) in [6, 6.07) is -0.113.